The zero-order chi connectivity index (χ0) is 18.0. The largest absolute Gasteiger partial charge is 0.490 e. The monoisotopic (exact) mass is 342 g/mol. The van der Waals surface area contributed by atoms with Crippen LogP contribution in [-0.4, -0.2) is 17.1 Å². The van der Waals surface area contributed by atoms with Crippen LogP contribution in [0.25, 0.3) is 10.8 Å². The van der Waals surface area contributed by atoms with Crippen molar-refractivity contribution in [3.8, 4) is 5.75 Å². The van der Waals surface area contributed by atoms with Crippen LogP contribution in [0, 0.1) is 12.3 Å². The molecule has 1 aromatic heterocycles. The standard InChI is InChI=1S/C21H30N2O2/c1-4-19(22)21(5-2)9-6-16(7-10-21)25-18-13-15-8-11-23-20(24)17(15)12-14(18)3/h8,11-13,16,19H,4-7,9-10,22H2,1-3H3,(H,23,24)/t16?,19-,21?/m1/s1. The molecular formula is C21H30N2O2. The van der Waals surface area contributed by atoms with E-state index in [2.05, 4.69) is 18.8 Å². The molecule has 3 N–H and O–H groups in total. The van der Waals surface area contributed by atoms with E-state index in [0.29, 0.717) is 0 Å². The van der Waals surface area contributed by atoms with Gasteiger partial charge in [0.25, 0.3) is 5.56 Å². The number of hydrogen-bond acceptors (Lipinski definition) is 3. The van der Waals surface area contributed by atoms with Crippen LogP contribution in [0.1, 0.15) is 57.9 Å². The normalized spacial score (nSPS) is 25.0. The lowest BCUT2D eigenvalue weighted by Gasteiger charge is -2.43. The highest BCUT2D eigenvalue weighted by molar-refractivity contribution is 5.83. The quantitative estimate of drug-likeness (QED) is 0.851. The summed E-state index contributed by atoms with van der Waals surface area (Å²) in [5, 5.41) is 1.64. The smallest absolute Gasteiger partial charge is 0.255 e. The SMILES string of the molecule is CC[C@@H](N)C1(CC)CCC(Oc2cc3cc[nH]c(=O)c3cc2C)CC1. The number of ether oxygens (including phenoxy) is 1. The van der Waals surface area contributed by atoms with Crippen LogP contribution < -0.4 is 16.0 Å². The Morgan fingerprint density at radius 2 is 2.04 bits per heavy atom. The fraction of sp³-hybridized carbons (Fsp3) is 0.571. The molecule has 0 spiro atoms. The molecule has 4 heteroatoms. The number of rotatable bonds is 5. The van der Waals surface area contributed by atoms with E-state index in [0.717, 1.165) is 60.6 Å². The van der Waals surface area contributed by atoms with Gasteiger partial charge >= 0.3 is 0 Å². The number of nitrogens with one attached hydrogen (secondary N) is 1. The molecule has 0 saturated heterocycles. The molecule has 0 unspecified atom stereocenters. The number of aromatic nitrogens is 1. The Bertz CT molecular complexity index is 788. The van der Waals surface area contributed by atoms with E-state index in [1.807, 2.05) is 25.1 Å². The van der Waals surface area contributed by atoms with E-state index >= 15 is 0 Å². The fourth-order valence-electron chi connectivity index (χ4n) is 4.33. The van der Waals surface area contributed by atoms with Crippen molar-refractivity contribution in [2.24, 2.45) is 11.1 Å². The second-order valence-electron chi connectivity index (χ2n) is 7.56. The minimum absolute atomic E-state index is 0.0499. The van der Waals surface area contributed by atoms with E-state index in [-0.39, 0.29) is 23.1 Å². The Kier molecular flexibility index (Phi) is 5.19. The highest BCUT2D eigenvalue weighted by Gasteiger charge is 2.38. The summed E-state index contributed by atoms with van der Waals surface area (Å²) in [5.41, 5.74) is 7.66. The molecule has 0 bridgehead atoms. The number of fused-ring (bicyclic) bond motifs is 1. The molecule has 3 rings (SSSR count). The summed E-state index contributed by atoms with van der Waals surface area (Å²) in [6.45, 7) is 6.46. The fourth-order valence-corrected chi connectivity index (χ4v) is 4.33. The van der Waals surface area contributed by atoms with E-state index in [4.69, 9.17) is 10.5 Å². The van der Waals surface area contributed by atoms with E-state index < -0.39 is 0 Å². The van der Waals surface area contributed by atoms with Crippen molar-refractivity contribution in [2.45, 2.75) is 71.4 Å². The van der Waals surface area contributed by atoms with E-state index in [1.54, 1.807) is 6.20 Å². The molecule has 1 saturated carbocycles. The Morgan fingerprint density at radius 1 is 1.32 bits per heavy atom. The van der Waals surface area contributed by atoms with E-state index in [9.17, 15) is 4.79 Å². The van der Waals surface area contributed by atoms with Gasteiger partial charge in [-0.1, -0.05) is 13.8 Å². The Labute approximate surface area is 149 Å². The number of pyridine rings is 1. The molecule has 1 aliphatic rings. The lowest BCUT2D eigenvalue weighted by Crippen LogP contribution is -2.45. The number of benzene rings is 1. The van der Waals surface area contributed by atoms with Crippen molar-refractivity contribution in [1.29, 1.82) is 0 Å². The molecule has 4 nitrogen and oxygen atoms in total. The van der Waals surface area contributed by atoms with Gasteiger partial charge in [-0.2, -0.15) is 0 Å². The molecule has 1 atom stereocenters. The number of nitrogens with two attached hydrogens (primary N) is 1. The van der Waals surface area contributed by atoms with Crippen molar-refractivity contribution in [1.82, 2.24) is 4.98 Å². The number of H-pyrrole nitrogens is 1. The van der Waals surface area contributed by atoms with Crippen molar-refractivity contribution in [3.05, 3.63) is 40.3 Å². The molecular weight excluding hydrogens is 312 g/mol. The van der Waals surface area contributed by atoms with Crippen LogP contribution in [0.5, 0.6) is 5.75 Å². The maximum atomic E-state index is 11.9. The number of aromatic amines is 1. The first kappa shape index (κ1) is 18.0. The first-order valence-corrected chi connectivity index (χ1v) is 9.53. The molecule has 1 fully saturated rings. The molecule has 1 heterocycles. The molecule has 25 heavy (non-hydrogen) atoms. The second kappa shape index (κ2) is 7.20. The third-order valence-electron chi connectivity index (χ3n) is 6.22. The van der Waals surface area contributed by atoms with Crippen molar-refractivity contribution < 1.29 is 4.74 Å². The van der Waals surface area contributed by atoms with Gasteiger partial charge in [-0.25, -0.2) is 0 Å². The molecule has 2 aromatic rings. The summed E-state index contributed by atoms with van der Waals surface area (Å²) in [5.74, 6) is 0.895. The zero-order valence-electron chi connectivity index (χ0n) is 15.6. The van der Waals surface area contributed by atoms with Gasteiger partial charge in [0.05, 0.1) is 6.10 Å². The van der Waals surface area contributed by atoms with Gasteiger partial charge in [-0.15, -0.1) is 0 Å². The average molecular weight is 342 g/mol. The first-order valence-electron chi connectivity index (χ1n) is 9.53. The highest BCUT2D eigenvalue weighted by atomic mass is 16.5. The summed E-state index contributed by atoms with van der Waals surface area (Å²) < 4.78 is 6.33. The molecule has 1 aliphatic carbocycles. The molecule has 0 amide bonds. The van der Waals surface area contributed by atoms with E-state index in [1.165, 1.54) is 0 Å². The summed E-state index contributed by atoms with van der Waals surface area (Å²) >= 11 is 0. The van der Waals surface area contributed by atoms with Gasteiger partial charge in [-0.05, 0) is 80.0 Å². The van der Waals surface area contributed by atoms with Gasteiger partial charge in [0.15, 0.2) is 0 Å². The van der Waals surface area contributed by atoms with Crippen molar-refractivity contribution in [2.75, 3.05) is 0 Å². The maximum absolute atomic E-state index is 11.9. The predicted molar refractivity (Wildman–Crippen MR) is 103 cm³/mol. The summed E-state index contributed by atoms with van der Waals surface area (Å²) in [6.07, 6.45) is 8.48. The number of aryl methyl sites for hydroxylation is 1. The molecule has 0 radical (unpaired) electrons. The maximum Gasteiger partial charge on any atom is 0.255 e. The second-order valence-corrected chi connectivity index (χ2v) is 7.56. The summed E-state index contributed by atoms with van der Waals surface area (Å²) in [7, 11) is 0. The summed E-state index contributed by atoms with van der Waals surface area (Å²) in [6, 6.07) is 6.13. The topological polar surface area (TPSA) is 68.1 Å². The van der Waals surface area contributed by atoms with Crippen LogP contribution in [0.3, 0.4) is 0 Å². The van der Waals surface area contributed by atoms with Gasteiger partial charge in [0, 0.05) is 17.6 Å². The van der Waals surface area contributed by atoms with Crippen LogP contribution >= 0.6 is 0 Å². The minimum Gasteiger partial charge on any atom is -0.490 e. The third kappa shape index (κ3) is 3.45. The van der Waals surface area contributed by atoms with Gasteiger partial charge < -0.3 is 15.5 Å². The zero-order valence-corrected chi connectivity index (χ0v) is 15.6. The predicted octanol–water partition coefficient (Wildman–Crippen LogP) is 4.29. The van der Waals surface area contributed by atoms with Crippen molar-refractivity contribution in [3.63, 3.8) is 0 Å². The highest BCUT2D eigenvalue weighted by Crippen LogP contribution is 2.43. The summed E-state index contributed by atoms with van der Waals surface area (Å²) in [4.78, 5) is 14.6. The molecule has 1 aromatic carbocycles. The van der Waals surface area contributed by atoms with Crippen LogP contribution in [0.2, 0.25) is 0 Å². The van der Waals surface area contributed by atoms with Gasteiger partial charge in [0.1, 0.15) is 5.75 Å². The van der Waals surface area contributed by atoms with Crippen molar-refractivity contribution >= 4 is 10.8 Å². The van der Waals surface area contributed by atoms with Crippen LogP contribution in [0.4, 0.5) is 0 Å². The Balaban J connectivity index is 1.75. The Morgan fingerprint density at radius 3 is 2.68 bits per heavy atom. The lowest BCUT2D eigenvalue weighted by molar-refractivity contribution is 0.0565. The minimum atomic E-state index is -0.0499. The molecule has 0 aliphatic heterocycles. The third-order valence-corrected chi connectivity index (χ3v) is 6.22. The van der Waals surface area contributed by atoms with Crippen LogP contribution in [0.15, 0.2) is 29.2 Å². The lowest BCUT2D eigenvalue weighted by atomic mass is 9.66. The Hall–Kier alpha value is -1.81. The van der Waals surface area contributed by atoms with Gasteiger partial charge in [0.2, 0.25) is 0 Å². The first-order chi connectivity index (χ1) is 12.0. The average Bonchev–Trinajstić information content (AvgIpc) is 2.63. The van der Waals surface area contributed by atoms with Gasteiger partial charge in [-0.3, -0.25) is 4.79 Å². The molecule has 136 valence electrons. The van der Waals surface area contributed by atoms with Crippen LogP contribution in [-0.2, 0) is 0 Å². The number of hydrogen-bond donors (Lipinski definition) is 2.